The number of carbonyl (C=O) groups is 1. The number of hydrogen-bond acceptors (Lipinski definition) is 4. The molecule has 1 aliphatic rings. The highest BCUT2D eigenvalue weighted by Gasteiger charge is 2.31. The molecule has 1 saturated heterocycles. The molecule has 1 heterocycles. The summed E-state index contributed by atoms with van der Waals surface area (Å²) in [7, 11) is 0. The average Bonchev–Trinajstić information content (AvgIpc) is 2.88. The van der Waals surface area contributed by atoms with E-state index in [-0.39, 0.29) is 11.2 Å². The standard InChI is InChI=1S/C18H18ClNO3S/c19-14-5-1-12(2-6-14)9-10-23-15-7-3-13(4-8-15)11-16-17(21)20-18(22)24-16/h1-8,16,18,22H,9-11H2,(H,20,21). The van der Waals surface area contributed by atoms with Crippen molar-refractivity contribution in [1.82, 2.24) is 5.32 Å². The third kappa shape index (κ3) is 4.66. The molecule has 0 radical (unpaired) electrons. The number of amides is 1. The van der Waals surface area contributed by atoms with Gasteiger partial charge in [0.1, 0.15) is 5.75 Å². The van der Waals surface area contributed by atoms with E-state index in [4.69, 9.17) is 16.3 Å². The van der Waals surface area contributed by atoms with Crippen molar-refractivity contribution in [2.45, 2.75) is 23.7 Å². The van der Waals surface area contributed by atoms with Crippen LogP contribution in [0.3, 0.4) is 0 Å². The van der Waals surface area contributed by atoms with Crippen molar-refractivity contribution in [3.8, 4) is 5.75 Å². The Morgan fingerprint density at radius 2 is 1.75 bits per heavy atom. The number of ether oxygens (including phenoxy) is 1. The molecule has 2 atom stereocenters. The van der Waals surface area contributed by atoms with Gasteiger partial charge in [-0.1, -0.05) is 47.6 Å². The smallest absolute Gasteiger partial charge is 0.236 e. The summed E-state index contributed by atoms with van der Waals surface area (Å²) in [6.45, 7) is 0.591. The second-order valence-electron chi connectivity index (χ2n) is 5.56. The van der Waals surface area contributed by atoms with E-state index < -0.39 is 5.56 Å². The lowest BCUT2D eigenvalue weighted by molar-refractivity contribution is -0.121. The zero-order valence-electron chi connectivity index (χ0n) is 12.9. The van der Waals surface area contributed by atoms with Gasteiger partial charge >= 0.3 is 0 Å². The fourth-order valence-corrected chi connectivity index (χ4v) is 3.58. The van der Waals surface area contributed by atoms with Gasteiger partial charge in [-0.05, 0) is 41.8 Å². The minimum Gasteiger partial charge on any atom is -0.493 e. The summed E-state index contributed by atoms with van der Waals surface area (Å²) in [5.74, 6) is 0.687. The van der Waals surface area contributed by atoms with Crippen LogP contribution < -0.4 is 10.1 Å². The molecule has 2 aromatic rings. The topological polar surface area (TPSA) is 58.6 Å². The lowest BCUT2D eigenvalue weighted by Crippen LogP contribution is -2.27. The van der Waals surface area contributed by atoms with Crippen LogP contribution >= 0.6 is 23.4 Å². The average molecular weight is 364 g/mol. The van der Waals surface area contributed by atoms with Crippen LogP contribution in [0.4, 0.5) is 0 Å². The molecule has 0 aliphatic carbocycles. The Labute approximate surface area is 150 Å². The van der Waals surface area contributed by atoms with Gasteiger partial charge in [0, 0.05) is 11.4 Å². The van der Waals surface area contributed by atoms with Crippen molar-refractivity contribution in [3.05, 3.63) is 64.7 Å². The van der Waals surface area contributed by atoms with Crippen LogP contribution in [0.15, 0.2) is 48.5 Å². The maximum Gasteiger partial charge on any atom is 0.236 e. The summed E-state index contributed by atoms with van der Waals surface area (Å²) in [6.07, 6.45) is 1.41. The predicted octanol–water partition coefficient (Wildman–Crippen LogP) is 3.01. The minimum atomic E-state index is -0.794. The first-order chi connectivity index (χ1) is 11.6. The Kier molecular flexibility index (Phi) is 5.66. The summed E-state index contributed by atoms with van der Waals surface area (Å²) in [4.78, 5) is 11.6. The Hall–Kier alpha value is -1.69. The number of aliphatic hydroxyl groups excluding tert-OH is 1. The van der Waals surface area contributed by atoms with Gasteiger partial charge in [-0.3, -0.25) is 4.79 Å². The van der Waals surface area contributed by atoms with Gasteiger partial charge in [-0.2, -0.15) is 0 Å². The van der Waals surface area contributed by atoms with E-state index in [0.717, 1.165) is 22.8 Å². The van der Waals surface area contributed by atoms with Crippen molar-refractivity contribution in [2.24, 2.45) is 0 Å². The first-order valence-electron chi connectivity index (χ1n) is 7.70. The zero-order valence-corrected chi connectivity index (χ0v) is 14.5. The molecule has 0 spiro atoms. The van der Waals surface area contributed by atoms with E-state index in [1.807, 2.05) is 48.5 Å². The van der Waals surface area contributed by atoms with E-state index in [1.54, 1.807) is 0 Å². The van der Waals surface area contributed by atoms with Crippen molar-refractivity contribution in [1.29, 1.82) is 0 Å². The number of benzene rings is 2. The third-order valence-corrected chi connectivity index (χ3v) is 5.11. The highest BCUT2D eigenvalue weighted by atomic mass is 35.5. The lowest BCUT2D eigenvalue weighted by Gasteiger charge is -2.09. The van der Waals surface area contributed by atoms with Crippen LogP contribution in [-0.2, 0) is 17.6 Å². The van der Waals surface area contributed by atoms with Crippen molar-refractivity contribution < 1.29 is 14.6 Å². The van der Waals surface area contributed by atoms with Gasteiger partial charge in [-0.15, -0.1) is 0 Å². The van der Waals surface area contributed by atoms with E-state index in [9.17, 15) is 9.90 Å². The molecule has 2 unspecified atom stereocenters. The lowest BCUT2D eigenvalue weighted by atomic mass is 10.1. The molecule has 4 nitrogen and oxygen atoms in total. The summed E-state index contributed by atoms with van der Waals surface area (Å²) >= 11 is 7.10. The monoisotopic (exact) mass is 363 g/mol. The molecule has 24 heavy (non-hydrogen) atoms. The zero-order chi connectivity index (χ0) is 16.9. The van der Waals surface area contributed by atoms with Gasteiger partial charge in [0.05, 0.1) is 11.9 Å². The SMILES string of the molecule is O=C1NC(O)SC1Cc1ccc(OCCc2ccc(Cl)cc2)cc1. The van der Waals surface area contributed by atoms with Gasteiger partial charge < -0.3 is 15.2 Å². The second-order valence-corrected chi connectivity index (χ2v) is 7.28. The highest BCUT2D eigenvalue weighted by Crippen LogP contribution is 2.25. The molecule has 126 valence electrons. The van der Waals surface area contributed by atoms with E-state index in [2.05, 4.69) is 5.32 Å². The van der Waals surface area contributed by atoms with E-state index in [1.165, 1.54) is 17.3 Å². The van der Waals surface area contributed by atoms with Crippen molar-refractivity contribution >= 4 is 29.3 Å². The Morgan fingerprint density at radius 1 is 1.08 bits per heavy atom. The number of rotatable bonds is 6. The summed E-state index contributed by atoms with van der Waals surface area (Å²) in [5.41, 5.74) is 1.43. The fraction of sp³-hybridized carbons (Fsp3) is 0.278. The molecule has 0 saturated carbocycles. The largest absolute Gasteiger partial charge is 0.493 e. The number of carbonyl (C=O) groups excluding carboxylic acids is 1. The van der Waals surface area contributed by atoms with Gasteiger partial charge in [0.25, 0.3) is 0 Å². The Morgan fingerprint density at radius 3 is 2.38 bits per heavy atom. The number of hydrogen-bond donors (Lipinski definition) is 2. The van der Waals surface area contributed by atoms with Gasteiger partial charge in [-0.25, -0.2) is 0 Å². The summed E-state index contributed by atoms with van der Waals surface area (Å²) in [5, 5.41) is 12.4. The van der Waals surface area contributed by atoms with Crippen LogP contribution in [0.25, 0.3) is 0 Å². The van der Waals surface area contributed by atoms with Gasteiger partial charge in [0.15, 0.2) is 5.56 Å². The van der Waals surface area contributed by atoms with Crippen LogP contribution in [0.1, 0.15) is 11.1 Å². The predicted molar refractivity (Wildman–Crippen MR) is 96.3 cm³/mol. The second kappa shape index (κ2) is 7.92. The Bertz CT molecular complexity index is 690. The molecule has 1 aliphatic heterocycles. The number of aliphatic hydroxyl groups is 1. The summed E-state index contributed by atoms with van der Waals surface area (Å²) in [6, 6.07) is 15.5. The van der Waals surface area contributed by atoms with E-state index in [0.29, 0.717) is 13.0 Å². The van der Waals surface area contributed by atoms with Crippen LogP contribution in [0.5, 0.6) is 5.75 Å². The fourth-order valence-electron chi connectivity index (χ4n) is 2.48. The molecular formula is C18H18ClNO3S. The molecule has 1 fully saturated rings. The molecule has 1 amide bonds. The van der Waals surface area contributed by atoms with Gasteiger partial charge in [0.2, 0.25) is 5.91 Å². The highest BCUT2D eigenvalue weighted by molar-refractivity contribution is 8.01. The molecular weight excluding hydrogens is 346 g/mol. The molecule has 2 N–H and O–H groups in total. The van der Waals surface area contributed by atoms with Crippen LogP contribution in [0.2, 0.25) is 5.02 Å². The maximum atomic E-state index is 11.6. The first kappa shape index (κ1) is 17.1. The van der Waals surface area contributed by atoms with Crippen LogP contribution in [-0.4, -0.2) is 28.4 Å². The number of halogens is 1. The van der Waals surface area contributed by atoms with Crippen molar-refractivity contribution in [3.63, 3.8) is 0 Å². The quantitative estimate of drug-likeness (QED) is 0.828. The minimum absolute atomic E-state index is 0.115. The Balaban J connectivity index is 1.47. The van der Waals surface area contributed by atoms with E-state index >= 15 is 0 Å². The van der Waals surface area contributed by atoms with Crippen molar-refractivity contribution in [2.75, 3.05) is 6.61 Å². The molecule has 3 rings (SSSR count). The third-order valence-electron chi connectivity index (χ3n) is 3.77. The number of nitrogens with one attached hydrogen (secondary N) is 1. The molecule has 0 aromatic heterocycles. The van der Waals surface area contributed by atoms with Crippen LogP contribution in [0, 0.1) is 0 Å². The normalized spacial score (nSPS) is 20.0. The summed E-state index contributed by atoms with van der Waals surface area (Å²) < 4.78 is 5.75. The maximum absolute atomic E-state index is 11.6. The first-order valence-corrected chi connectivity index (χ1v) is 9.02. The molecule has 0 bridgehead atoms. The molecule has 2 aromatic carbocycles. The molecule has 6 heteroatoms. The number of thioether (sulfide) groups is 1.